The molecule has 1 heterocycles. The lowest BCUT2D eigenvalue weighted by molar-refractivity contribution is 0.277. The fourth-order valence-electron chi connectivity index (χ4n) is 1.43. The number of benzene rings is 1. The largest absolute Gasteiger partial charge is 0.443 e. The van der Waals surface area contributed by atoms with Crippen LogP contribution in [0, 0.1) is 6.92 Å². The first-order chi connectivity index (χ1) is 6.83. The molecule has 0 saturated carbocycles. The lowest BCUT2D eigenvalue weighted by Crippen LogP contribution is -1.88. The zero-order valence-corrected chi connectivity index (χ0v) is 7.90. The molecular formula is C11H11NO2. The van der Waals surface area contributed by atoms with Gasteiger partial charge >= 0.3 is 0 Å². The van der Waals surface area contributed by atoms with E-state index in [-0.39, 0.29) is 6.61 Å². The highest BCUT2D eigenvalue weighted by Gasteiger charge is 2.10. The molecule has 0 atom stereocenters. The Morgan fingerprint density at radius 3 is 2.86 bits per heavy atom. The molecule has 0 radical (unpaired) electrons. The Bertz CT molecular complexity index is 434. The number of hydrogen-bond acceptors (Lipinski definition) is 3. The molecule has 1 N–H and O–H groups in total. The van der Waals surface area contributed by atoms with Gasteiger partial charge in [-0.2, -0.15) is 0 Å². The van der Waals surface area contributed by atoms with Crippen molar-refractivity contribution < 1.29 is 9.52 Å². The minimum Gasteiger partial charge on any atom is -0.443 e. The Hall–Kier alpha value is -1.61. The summed E-state index contributed by atoms with van der Waals surface area (Å²) in [5, 5.41) is 9.04. The van der Waals surface area contributed by atoms with Gasteiger partial charge in [0.05, 0.1) is 6.61 Å². The summed E-state index contributed by atoms with van der Waals surface area (Å²) < 4.78 is 5.25. The molecule has 72 valence electrons. The highest BCUT2D eigenvalue weighted by molar-refractivity contribution is 5.63. The van der Waals surface area contributed by atoms with E-state index < -0.39 is 0 Å². The molecule has 0 amide bonds. The quantitative estimate of drug-likeness (QED) is 0.787. The maximum absolute atomic E-state index is 9.04. The molecule has 0 fully saturated rings. The molecule has 0 aliphatic carbocycles. The molecule has 0 bridgehead atoms. The summed E-state index contributed by atoms with van der Waals surface area (Å²) in [4.78, 5) is 3.94. The number of rotatable bonds is 2. The van der Waals surface area contributed by atoms with Crippen molar-refractivity contribution in [3.63, 3.8) is 0 Å². The maximum atomic E-state index is 9.04. The van der Waals surface area contributed by atoms with Crippen LogP contribution in [0.4, 0.5) is 0 Å². The summed E-state index contributed by atoms with van der Waals surface area (Å²) in [5.41, 5.74) is 2.67. The average molecular weight is 189 g/mol. The van der Waals surface area contributed by atoms with Crippen LogP contribution in [-0.2, 0) is 6.61 Å². The second-order valence-corrected chi connectivity index (χ2v) is 3.10. The van der Waals surface area contributed by atoms with Crippen LogP contribution in [0.1, 0.15) is 11.3 Å². The van der Waals surface area contributed by atoms with E-state index in [9.17, 15) is 0 Å². The Morgan fingerprint density at radius 2 is 2.14 bits per heavy atom. The minimum atomic E-state index is -0.0971. The van der Waals surface area contributed by atoms with Crippen LogP contribution in [-0.4, -0.2) is 10.1 Å². The van der Waals surface area contributed by atoms with Crippen molar-refractivity contribution in [2.24, 2.45) is 0 Å². The van der Waals surface area contributed by atoms with Crippen LogP contribution in [0.5, 0.6) is 0 Å². The highest BCUT2D eigenvalue weighted by atomic mass is 16.3. The van der Waals surface area contributed by atoms with Crippen molar-refractivity contribution in [3.05, 3.63) is 41.9 Å². The van der Waals surface area contributed by atoms with Crippen LogP contribution < -0.4 is 0 Å². The molecular weight excluding hydrogens is 178 g/mol. The Balaban J connectivity index is 2.54. The average Bonchev–Trinajstić information content (AvgIpc) is 2.66. The molecule has 0 spiro atoms. The SMILES string of the molecule is Cc1ccccc1-c1ocnc1CO. The fourth-order valence-corrected chi connectivity index (χ4v) is 1.43. The number of nitrogens with zero attached hydrogens (tertiary/aromatic N) is 1. The molecule has 3 nitrogen and oxygen atoms in total. The number of aryl methyl sites for hydroxylation is 1. The van der Waals surface area contributed by atoms with Crippen molar-refractivity contribution in [1.82, 2.24) is 4.98 Å². The molecule has 2 rings (SSSR count). The summed E-state index contributed by atoms with van der Waals surface area (Å²) in [6, 6.07) is 7.86. The van der Waals surface area contributed by atoms with Gasteiger partial charge in [0, 0.05) is 5.56 Å². The Morgan fingerprint density at radius 1 is 1.36 bits per heavy atom. The fraction of sp³-hybridized carbons (Fsp3) is 0.182. The summed E-state index contributed by atoms with van der Waals surface area (Å²) in [7, 11) is 0. The van der Waals surface area contributed by atoms with Crippen molar-refractivity contribution in [1.29, 1.82) is 0 Å². The van der Waals surface area contributed by atoms with E-state index in [1.807, 2.05) is 31.2 Å². The van der Waals surface area contributed by atoms with Gasteiger partial charge in [0.1, 0.15) is 5.69 Å². The van der Waals surface area contributed by atoms with Gasteiger partial charge in [-0.1, -0.05) is 24.3 Å². The van der Waals surface area contributed by atoms with Gasteiger partial charge in [-0.25, -0.2) is 4.98 Å². The van der Waals surface area contributed by atoms with Crippen LogP contribution >= 0.6 is 0 Å². The van der Waals surface area contributed by atoms with Gasteiger partial charge in [-0.15, -0.1) is 0 Å². The lowest BCUT2D eigenvalue weighted by Gasteiger charge is -2.02. The van der Waals surface area contributed by atoms with Crippen LogP contribution in [0.25, 0.3) is 11.3 Å². The van der Waals surface area contributed by atoms with Gasteiger partial charge in [-0.3, -0.25) is 0 Å². The Kier molecular flexibility index (Phi) is 2.33. The summed E-state index contributed by atoms with van der Waals surface area (Å²) in [6.07, 6.45) is 1.35. The smallest absolute Gasteiger partial charge is 0.181 e. The maximum Gasteiger partial charge on any atom is 0.181 e. The molecule has 14 heavy (non-hydrogen) atoms. The lowest BCUT2D eigenvalue weighted by atomic mass is 10.1. The molecule has 0 aliphatic rings. The normalized spacial score (nSPS) is 10.4. The highest BCUT2D eigenvalue weighted by Crippen LogP contribution is 2.25. The van der Waals surface area contributed by atoms with Crippen molar-refractivity contribution in [2.75, 3.05) is 0 Å². The molecule has 1 aromatic heterocycles. The first-order valence-electron chi connectivity index (χ1n) is 4.42. The topological polar surface area (TPSA) is 46.3 Å². The van der Waals surface area contributed by atoms with Crippen molar-refractivity contribution in [3.8, 4) is 11.3 Å². The van der Waals surface area contributed by atoms with E-state index in [1.54, 1.807) is 0 Å². The number of aliphatic hydroxyl groups is 1. The zero-order chi connectivity index (χ0) is 9.97. The summed E-state index contributed by atoms with van der Waals surface area (Å²) in [6.45, 7) is 1.90. The van der Waals surface area contributed by atoms with E-state index in [0.29, 0.717) is 11.5 Å². The van der Waals surface area contributed by atoms with E-state index in [4.69, 9.17) is 9.52 Å². The number of hydrogen-bond donors (Lipinski definition) is 1. The van der Waals surface area contributed by atoms with E-state index in [1.165, 1.54) is 6.39 Å². The molecule has 2 aromatic rings. The van der Waals surface area contributed by atoms with Crippen LogP contribution in [0.2, 0.25) is 0 Å². The van der Waals surface area contributed by atoms with Gasteiger partial charge < -0.3 is 9.52 Å². The van der Waals surface area contributed by atoms with Gasteiger partial charge in [0.15, 0.2) is 12.2 Å². The van der Waals surface area contributed by atoms with E-state index in [0.717, 1.165) is 11.1 Å². The molecule has 0 saturated heterocycles. The first-order valence-corrected chi connectivity index (χ1v) is 4.42. The monoisotopic (exact) mass is 189 g/mol. The van der Waals surface area contributed by atoms with Crippen LogP contribution in [0.3, 0.4) is 0 Å². The predicted molar refractivity (Wildman–Crippen MR) is 52.6 cm³/mol. The molecule has 1 aromatic carbocycles. The van der Waals surface area contributed by atoms with Gasteiger partial charge in [-0.05, 0) is 12.5 Å². The third-order valence-corrected chi connectivity index (χ3v) is 2.18. The van der Waals surface area contributed by atoms with Crippen molar-refractivity contribution >= 4 is 0 Å². The van der Waals surface area contributed by atoms with E-state index >= 15 is 0 Å². The number of oxazole rings is 1. The first kappa shape index (κ1) is 8.97. The third kappa shape index (κ3) is 1.42. The second-order valence-electron chi connectivity index (χ2n) is 3.10. The predicted octanol–water partition coefficient (Wildman–Crippen LogP) is 2.14. The second kappa shape index (κ2) is 3.64. The van der Waals surface area contributed by atoms with Crippen molar-refractivity contribution in [2.45, 2.75) is 13.5 Å². The van der Waals surface area contributed by atoms with Crippen LogP contribution in [0.15, 0.2) is 35.1 Å². The molecule has 0 aliphatic heterocycles. The van der Waals surface area contributed by atoms with Gasteiger partial charge in [0.25, 0.3) is 0 Å². The van der Waals surface area contributed by atoms with Gasteiger partial charge in [0.2, 0.25) is 0 Å². The zero-order valence-electron chi connectivity index (χ0n) is 7.90. The van der Waals surface area contributed by atoms with E-state index in [2.05, 4.69) is 4.98 Å². The summed E-state index contributed by atoms with van der Waals surface area (Å²) in [5.74, 6) is 0.658. The molecule has 0 unspecified atom stereocenters. The standard InChI is InChI=1S/C11H11NO2/c1-8-4-2-3-5-9(8)11-10(6-13)12-7-14-11/h2-5,7,13H,6H2,1H3. The minimum absolute atomic E-state index is 0.0971. The third-order valence-electron chi connectivity index (χ3n) is 2.18. The Labute approximate surface area is 82.0 Å². The summed E-state index contributed by atoms with van der Waals surface area (Å²) >= 11 is 0. The molecule has 3 heteroatoms. The number of aromatic nitrogens is 1. The number of aliphatic hydroxyl groups excluding tert-OH is 1.